The van der Waals surface area contributed by atoms with Gasteiger partial charge in [0.1, 0.15) is 12.1 Å². The van der Waals surface area contributed by atoms with E-state index in [1.54, 1.807) is 0 Å². The lowest BCUT2D eigenvalue weighted by atomic mass is 10.1. The molecule has 7 heteroatoms. The molecule has 0 aromatic carbocycles. The van der Waals surface area contributed by atoms with E-state index in [4.69, 9.17) is 22.9 Å². The van der Waals surface area contributed by atoms with Crippen molar-refractivity contribution >= 4 is 11.9 Å². The minimum absolute atomic E-state index is 0.450. The fourth-order valence-electron chi connectivity index (χ4n) is 1.50. The zero-order chi connectivity index (χ0) is 14.7. The van der Waals surface area contributed by atoms with Gasteiger partial charge in [0.2, 0.25) is 0 Å². The monoisotopic (exact) mass is 274 g/mol. The summed E-state index contributed by atoms with van der Waals surface area (Å²) in [5.41, 5.74) is 21.9. The molecule has 0 fully saturated rings. The Labute approximate surface area is 114 Å². The summed E-state index contributed by atoms with van der Waals surface area (Å²) in [6.45, 7) is 1.10. The van der Waals surface area contributed by atoms with Crippen molar-refractivity contribution in [3.8, 4) is 0 Å². The zero-order valence-corrected chi connectivity index (χ0v) is 11.3. The van der Waals surface area contributed by atoms with E-state index in [2.05, 4.69) is 4.74 Å². The van der Waals surface area contributed by atoms with E-state index >= 15 is 0 Å². The van der Waals surface area contributed by atoms with Gasteiger partial charge < -0.3 is 27.7 Å². The fourth-order valence-corrected chi connectivity index (χ4v) is 1.50. The van der Waals surface area contributed by atoms with Crippen LogP contribution in [-0.4, -0.2) is 37.1 Å². The van der Waals surface area contributed by atoms with Crippen LogP contribution in [0.5, 0.6) is 0 Å². The molecule has 0 radical (unpaired) electrons. The molecular weight excluding hydrogens is 248 g/mol. The van der Waals surface area contributed by atoms with Crippen LogP contribution in [0.25, 0.3) is 0 Å². The molecule has 8 N–H and O–H groups in total. The van der Waals surface area contributed by atoms with E-state index in [-0.39, 0.29) is 0 Å². The molecule has 0 heterocycles. The van der Waals surface area contributed by atoms with Crippen molar-refractivity contribution in [2.45, 2.75) is 50.6 Å². The molecule has 0 saturated carbocycles. The van der Waals surface area contributed by atoms with E-state index in [0.29, 0.717) is 25.9 Å². The predicted octanol–water partition coefficient (Wildman–Crippen LogP) is -1.03. The number of hydrogen-bond donors (Lipinski definition) is 4. The van der Waals surface area contributed by atoms with Crippen molar-refractivity contribution in [1.29, 1.82) is 0 Å². The Morgan fingerprint density at radius 2 is 1.16 bits per heavy atom. The summed E-state index contributed by atoms with van der Waals surface area (Å²) in [6, 6.07) is -1.60. The molecule has 112 valence electrons. The van der Waals surface area contributed by atoms with Crippen LogP contribution in [0.15, 0.2) is 0 Å². The maximum Gasteiger partial charge on any atom is 0.330 e. The summed E-state index contributed by atoms with van der Waals surface area (Å²) in [6.07, 6.45) is 3.92. The van der Waals surface area contributed by atoms with E-state index in [0.717, 1.165) is 25.7 Å². The highest BCUT2D eigenvalue weighted by Crippen LogP contribution is 2.03. The van der Waals surface area contributed by atoms with E-state index < -0.39 is 24.0 Å². The first kappa shape index (κ1) is 18.0. The molecule has 0 amide bonds. The third kappa shape index (κ3) is 8.66. The minimum atomic E-state index is -0.799. The van der Waals surface area contributed by atoms with Gasteiger partial charge in [-0.05, 0) is 38.8 Å². The summed E-state index contributed by atoms with van der Waals surface area (Å²) in [7, 11) is 0. The first-order valence-corrected chi connectivity index (χ1v) is 6.69. The topological polar surface area (TPSA) is 147 Å². The molecule has 0 saturated heterocycles. The van der Waals surface area contributed by atoms with Crippen LogP contribution in [-0.2, 0) is 14.3 Å². The van der Waals surface area contributed by atoms with Crippen LogP contribution in [0.3, 0.4) is 0 Å². The van der Waals surface area contributed by atoms with Crippen molar-refractivity contribution in [3.63, 3.8) is 0 Å². The average molecular weight is 274 g/mol. The Morgan fingerprint density at radius 3 is 1.47 bits per heavy atom. The first-order valence-electron chi connectivity index (χ1n) is 6.69. The normalized spacial score (nSPS) is 13.9. The van der Waals surface area contributed by atoms with Crippen molar-refractivity contribution in [2.24, 2.45) is 22.9 Å². The molecule has 7 nitrogen and oxygen atoms in total. The molecule has 0 aromatic heterocycles. The predicted molar refractivity (Wildman–Crippen MR) is 72.9 cm³/mol. The van der Waals surface area contributed by atoms with Crippen LogP contribution in [0.4, 0.5) is 0 Å². The van der Waals surface area contributed by atoms with Crippen LogP contribution in [0, 0.1) is 0 Å². The largest absolute Gasteiger partial charge is 0.391 e. The average Bonchev–Trinajstić information content (AvgIpc) is 2.38. The second kappa shape index (κ2) is 10.9. The number of ether oxygens (including phenoxy) is 1. The van der Waals surface area contributed by atoms with Crippen LogP contribution in [0.1, 0.15) is 38.5 Å². The van der Waals surface area contributed by atoms with Gasteiger partial charge in [0.15, 0.2) is 0 Å². The maximum atomic E-state index is 11.5. The highest BCUT2D eigenvalue weighted by atomic mass is 16.6. The lowest BCUT2D eigenvalue weighted by molar-refractivity contribution is -0.161. The third-order valence-corrected chi connectivity index (χ3v) is 2.75. The second-order valence-corrected chi connectivity index (χ2v) is 4.52. The van der Waals surface area contributed by atoms with E-state index in [1.807, 2.05) is 0 Å². The highest BCUT2D eigenvalue weighted by Gasteiger charge is 2.22. The van der Waals surface area contributed by atoms with E-state index in [9.17, 15) is 9.59 Å². The summed E-state index contributed by atoms with van der Waals surface area (Å²) >= 11 is 0. The lowest BCUT2D eigenvalue weighted by Gasteiger charge is -2.13. The Hall–Kier alpha value is -1.02. The van der Waals surface area contributed by atoms with Gasteiger partial charge >= 0.3 is 11.9 Å². The van der Waals surface area contributed by atoms with Crippen molar-refractivity contribution < 1.29 is 14.3 Å². The molecule has 2 atom stereocenters. The highest BCUT2D eigenvalue weighted by molar-refractivity contribution is 5.90. The Kier molecular flexibility index (Phi) is 10.3. The molecule has 0 aromatic rings. The molecule has 19 heavy (non-hydrogen) atoms. The lowest BCUT2D eigenvalue weighted by Crippen LogP contribution is -2.39. The molecule has 0 aliphatic carbocycles. The van der Waals surface area contributed by atoms with Gasteiger partial charge in [-0.25, -0.2) is 9.59 Å². The van der Waals surface area contributed by atoms with Gasteiger partial charge in [-0.15, -0.1) is 0 Å². The number of carbonyl (C=O) groups excluding carboxylic acids is 2. The second-order valence-electron chi connectivity index (χ2n) is 4.52. The molecule has 0 bridgehead atoms. The van der Waals surface area contributed by atoms with Gasteiger partial charge in [0.25, 0.3) is 0 Å². The quantitative estimate of drug-likeness (QED) is 0.226. The number of unbranched alkanes of at least 4 members (excludes halogenated alkanes) is 2. The zero-order valence-electron chi connectivity index (χ0n) is 11.3. The number of rotatable bonds is 10. The number of carbonyl (C=O) groups is 2. The number of esters is 2. The van der Waals surface area contributed by atoms with Crippen LogP contribution < -0.4 is 22.9 Å². The Morgan fingerprint density at radius 1 is 0.789 bits per heavy atom. The standard InChI is InChI=1S/C12H26N4O3/c13-7-3-1-5-9(15)11(17)19-12(18)10(16)6-2-4-8-14/h9-10H,1-8,13-16H2/t9-,10?/m0/s1. The van der Waals surface area contributed by atoms with Gasteiger partial charge in [0.05, 0.1) is 0 Å². The van der Waals surface area contributed by atoms with Gasteiger partial charge in [-0.2, -0.15) is 0 Å². The van der Waals surface area contributed by atoms with Gasteiger partial charge in [-0.1, -0.05) is 12.8 Å². The maximum absolute atomic E-state index is 11.5. The third-order valence-electron chi connectivity index (χ3n) is 2.75. The van der Waals surface area contributed by atoms with E-state index in [1.165, 1.54) is 0 Å². The molecular formula is C12H26N4O3. The van der Waals surface area contributed by atoms with Crippen molar-refractivity contribution in [1.82, 2.24) is 0 Å². The van der Waals surface area contributed by atoms with Crippen LogP contribution >= 0.6 is 0 Å². The smallest absolute Gasteiger partial charge is 0.330 e. The van der Waals surface area contributed by atoms with Crippen LogP contribution in [0.2, 0.25) is 0 Å². The molecule has 1 unspecified atom stereocenters. The minimum Gasteiger partial charge on any atom is -0.391 e. The summed E-state index contributed by atoms with van der Waals surface area (Å²) < 4.78 is 4.64. The van der Waals surface area contributed by atoms with Gasteiger partial charge in [-0.3, -0.25) is 0 Å². The number of nitrogens with two attached hydrogens (primary N) is 4. The molecule has 0 aliphatic heterocycles. The molecule has 0 spiro atoms. The summed E-state index contributed by atoms with van der Waals surface area (Å²) in [4.78, 5) is 23.0. The molecule has 0 rings (SSSR count). The van der Waals surface area contributed by atoms with Crippen molar-refractivity contribution in [2.75, 3.05) is 13.1 Å². The fraction of sp³-hybridized carbons (Fsp3) is 0.833. The summed E-state index contributed by atoms with van der Waals surface area (Å²) in [5.74, 6) is -1.45. The Bertz CT molecular complexity index is 248. The van der Waals surface area contributed by atoms with Gasteiger partial charge in [0, 0.05) is 0 Å². The Balaban J connectivity index is 3.92. The SMILES string of the molecule is NCCCCC(N)C(=O)OC(=O)[C@@H](N)CCCCN. The molecule has 0 aliphatic rings. The van der Waals surface area contributed by atoms with Crippen molar-refractivity contribution in [3.05, 3.63) is 0 Å². The summed E-state index contributed by atoms with van der Waals surface area (Å²) in [5, 5.41) is 0. The first-order chi connectivity index (χ1) is 9.02. The number of hydrogen-bond acceptors (Lipinski definition) is 7.